The summed E-state index contributed by atoms with van der Waals surface area (Å²) in [6, 6.07) is 16.4. The highest BCUT2D eigenvalue weighted by atomic mass is 35.5. The summed E-state index contributed by atoms with van der Waals surface area (Å²) in [6.07, 6.45) is 1.83. The van der Waals surface area contributed by atoms with Crippen molar-refractivity contribution in [3.05, 3.63) is 65.2 Å². The number of fused-ring (bicyclic) bond motifs is 1. The van der Waals surface area contributed by atoms with E-state index in [0.717, 1.165) is 29.7 Å². The van der Waals surface area contributed by atoms with E-state index in [1.54, 1.807) is 0 Å². The summed E-state index contributed by atoms with van der Waals surface area (Å²) >= 11 is 0. The zero-order valence-corrected chi connectivity index (χ0v) is 14.5. The van der Waals surface area contributed by atoms with Crippen molar-refractivity contribution in [2.75, 3.05) is 11.5 Å². The molecular weight excluding hydrogens is 338 g/mol. The van der Waals surface area contributed by atoms with E-state index in [9.17, 15) is 4.79 Å². The molecule has 0 saturated carbocycles. The third kappa shape index (κ3) is 3.46. The molecule has 0 aromatic heterocycles. The van der Waals surface area contributed by atoms with E-state index in [0.29, 0.717) is 19.2 Å². The van der Waals surface area contributed by atoms with Crippen molar-refractivity contribution in [1.82, 2.24) is 0 Å². The number of aryl methyl sites for hydroxylation is 1. The second-order valence-electron chi connectivity index (χ2n) is 6.19. The summed E-state index contributed by atoms with van der Waals surface area (Å²) in [6.45, 7) is 1.21. The van der Waals surface area contributed by atoms with Crippen LogP contribution in [0.2, 0.25) is 0 Å². The molecule has 2 aromatic carbocycles. The zero-order chi connectivity index (χ0) is 16.5. The van der Waals surface area contributed by atoms with Gasteiger partial charge in [-0.15, -0.1) is 12.4 Å². The Bertz CT molecular complexity index is 805. The maximum atomic E-state index is 12.5. The molecule has 0 unspecified atom stereocenters. The fourth-order valence-corrected chi connectivity index (χ4v) is 3.22. The zero-order valence-electron chi connectivity index (χ0n) is 13.7. The minimum atomic E-state index is 0. The molecule has 130 valence electrons. The van der Waals surface area contributed by atoms with Crippen molar-refractivity contribution in [1.29, 1.82) is 0 Å². The molecular formula is C19H20ClN3O2. The topological polar surface area (TPSA) is 67.9 Å². The maximum absolute atomic E-state index is 12.5. The van der Waals surface area contributed by atoms with Gasteiger partial charge in [-0.25, -0.2) is 4.99 Å². The molecule has 2 N–H and O–H groups in total. The van der Waals surface area contributed by atoms with Gasteiger partial charge < -0.3 is 15.4 Å². The largest absolute Gasteiger partial charge is 0.463 e. The molecule has 2 aliphatic rings. The van der Waals surface area contributed by atoms with Gasteiger partial charge in [0.15, 0.2) is 0 Å². The Morgan fingerprint density at radius 1 is 1.16 bits per heavy atom. The number of carbonyl (C=O) groups is 1. The van der Waals surface area contributed by atoms with E-state index in [1.807, 2.05) is 41.3 Å². The van der Waals surface area contributed by atoms with Crippen LogP contribution in [0, 0.1) is 0 Å². The van der Waals surface area contributed by atoms with Crippen LogP contribution in [-0.2, 0) is 17.7 Å². The molecule has 2 heterocycles. The molecule has 0 saturated heterocycles. The van der Waals surface area contributed by atoms with Crippen LogP contribution in [0.3, 0.4) is 0 Å². The average molecular weight is 358 g/mol. The first kappa shape index (κ1) is 17.3. The van der Waals surface area contributed by atoms with Gasteiger partial charge in [-0.1, -0.05) is 30.3 Å². The van der Waals surface area contributed by atoms with Crippen molar-refractivity contribution in [2.24, 2.45) is 10.7 Å². The van der Waals surface area contributed by atoms with Crippen LogP contribution in [0.4, 0.5) is 5.69 Å². The van der Waals surface area contributed by atoms with E-state index in [4.69, 9.17) is 10.5 Å². The number of ether oxygens (including phenoxy) is 1. The maximum Gasteiger partial charge on any atom is 0.282 e. The highest BCUT2D eigenvalue weighted by molar-refractivity contribution is 6.09. The van der Waals surface area contributed by atoms with Crippen molar-refractivity contribution in [3.8, 4) is 0 Å². The van der Waals surface area contributed by atoms with Crippen molar-refractivity contribution in [3.63, 3.8) is 0 Å². The first-order valence-corrected chi connectivity index (χ1v) is 8.15. The number of aliphatic imine (C=N–C) groups is 1. The van der Waals surface area contributed by atoms with Gasteiger partial charge in [-0.05, 0) is 42.2 Å². The normalized spacial score (nSPS) is 18.4. The number of hydrogen-bond donors (Lipinski definition) is 1. The number of halogens is 1. The Labute approximate surface area is 152 Å². The van der Waals surface area contributed by atoms with Crippen LogP contribution in [-0.4, -0.2) is 24.6 Å². The highest BCUT2D eigenvalue weighted by Gasteiger charge is 2.27. The van der Waals surface area contributed by atoms with Gasteiger partial charge in [0, 0.05) is 11.3 Å². The smallest absolute Gasteiger partial charge is 0.282 e. The standard InChI is InChI=1S/C19H19N3O2.ClH/c20-19-21-15(12-24-19)8-5-13-6-9-16(10-7-13)22-11-14-3-1-2-4-17(14)18(22)23;/h1-4,6-7,9-10,15H,5,8,11-12H2,(H2,20,21);1H/t15-;/m0./s1. The molecule has 0 radical (unpaired) electrons. The summed E-state index contributed by atoms with van der Waals surface area (Å²) in [5.74, 6) is 0.0752. The second-order valence-corrected chi connectivity index (χ2v) is 6.19. The number of amidine groups is 1. The Balaban J connectivity index is 0.00000182. The van der Waals surface area contributed by atoms with E-state index in [-0.39, 0.29) is 24.4 Å². The molecule has 0 fully saturated rings. The van der Waals surface area contributed by atoms with Crippen LogP contribution in [0.1, 0.15) is 27.9 Å². The molecule has 4 rings (SSSR count). The van der Waals surface area contributed by atoms with Gasteiger partial charge in [0.25, 0.3) is 11.9 Å². The highest BCUT2D eigenvalue weighted by Crippen LogP contribution is 2.28. The summed E-state index contributed by atoms with van der Waals surface area (Å²) in [4.78, 5) is 18.6. The quantitative estimate of drug-likeness (QED) is 0.914. The molecule has 25 heavy (non-hydrogen) atoms. The molecule has 5 nitrogen and oxygen atoms in total. The summed E-state index contributed by atoms with van der Waals surface area (Å²) < 4.78 is 5.17. The third-order valence-electron chi connectivity index (χ3n) is 4.57. The first-order valence-electron chi connectivity index (χ1n) is 8.15. The SMILES string of the molecule is Cl.NC1=N[C@@H](CCc2ccc(N3Cc4ccccc4C3=O)cc2)CO1. The monoisotopic (exact) mass is 357 g/mol. The van der Waals surface area contributed by atoms with Crippen LogP contribution in [0.25, 0.3) is 0 Å². The molecule has 0 spiro atoms. The van der Waals surface area contributed by atoms with Gasteiger partial charge in [0.05, 0.1) is 12.6 Å². The number of hydrogen-bond acceptors (Lipinski definition) is 4. The third-order valence-corrected chi connectivity index (χ3v) is 4.57. The molecule has 2 aromatic rings. The predicted molar refractivity (Wildman–Crippen MR) is 100 cm³/mol. The number of amides is 1. The number of nitrogens with zero attached hydrogens (tertiary/aromatic N) is 2. The van der Waals surface area contributed by atoms with Gasteiger partial charge in [0.1, 0.15) is 6.61 Å². The number of carbonyl (C=O) groups excluding carboxylic acids is 1. The average Bonchev–Trinajstić information content (AvgIpc) is 3.17. The summed E-state index contributed by atoms with van der Waals surface area (Å²) in [5.41, 5.74) is 9.58. The number of anilines is 1. The van der Waals surface area contributed by atoms with E-state index in [2.05, 4.69) is 17.1 Å². The van der Waals surface area contributed by atoms with Gasteiger partial charge >= 0.3 is 0 Å². The van der Waals surface area contributed by atoms with Crippen molar-refractivity contribution < 1.29 is 9.53 Å². The Hall–Kier alpha value is -2.53. The molecule has 1 amide bonds. The summed E-state index contributed by atoms with van der Waals surface area (Å²) in [5, 5.41) is 0. The van der Waals surface area contributed by atoms with E-state index < -0.39 is 0 Å². The lowest BCUT2D eigenvalue weighted by Gasteiger charge is -2.16. The van der Waals surface area contributed by atoms with E-state index >= 15 is 0 Å². The van der Waals surface area contributed by atoms with Crippen molar-refractivity contribution >= 4 is 30.0 Å². The fraction of sp³-hybridized carbons (Fsp3) is 0.263. The van der Waals surface area contributed by atoms with Crippen LogP contribution < -0.4 is 10.6 Å². The number of nitrogens with two attached hydrogens (primary N) is 1. The second kappa shape index (κ2) is 7.15. The van der Waals surface area contributed by atoms with Crippen molar-refractivity contribution in [2.45, 2.75) is 25.4 Å². The molecule has 1 atom stereocenters. The molecule has 2 aliphatic heterocycles. The van der Waals surface area contributed by atoms with Gasteiger partial charge in [-0.2, -0.15) is 0 Å². The van der Waals surface area contributed by atoms with Crippen LogP contribution in [0.15, 0.2) is 53.5 Å². The Morgan fingerprint density at radius 3 is 2.60 bits per heavy atom. The number of benzene rings is 2. The Kier molecular flexibility index (Phi) is 4.95. The molecule has 6 heteroatoms. The van der Waals surface area contributed by atoms with Crippen LogP contribution >= 0.6 is 12.4 Å². The van der Waals surface area contributed by atoms with Gasteiger partial charge in [0.2, 0.25) is 0 Å². The fourth-order valence-electron chi connectivity index (χ4n) is 3.22. The lowest BCUT2D eigenvalue weighted by molar-refractivity contribution is 0.0996. The van der Waals surface area contributed by atoms with Crippen LogP contribution in [0.5, 0.6) is 0 Å². The lowest BCUT2D eigenvalue weighted by atomic mass is 10.1. The lowest BCUT2D eigenvalue weighted by Crippen LogP contribution is -2.22. The minimum absolute atomic E-state index is 0. The summed E-state index contributed by atoms with van der Waals surface area (Å²) in [7, 11) is 0. The molecule has 0 bridgehead atoms. The predicted octanol–water partition coefficient (Wildman–Crippen LogP) is 2.91. The van der Waals surface area contributed by atoms with Gasteiger partial charge in [-0.3, -0.25) is 4.79 Å². The minimum Gasteiger partial charge on any atom is -0.463 e. The molecule has 0 aliphatic carbocycles. The van der Waals surface area contributed by atoms with E-state index in [1.165, 1.54) is 5.56 Å². The number of rotatable bonds is 4. The Morgan fingerprint density at radius 2 is 1.92 bits per heavy atom. The first-order chi connectivity index (χ1) is 11.7.